The molecular weight excluding hydrogens is 117 g/mol. The molecule has 0 saturated carbocycles. The van der Waals surface area contributed by atoms with Gasteiger partial charge in [0.05, 0.1) is 0 Å². The van der Waals surface area contributed by atoms with Crippen LogP contribution in [0.3, 0.4) is 0 Å². The van der Waals surface area contributed by atoms with E-state index in [1.54, 1.807) is 6.08 Å². The van der Waals surface area contributed by atoms with Gasteiger partial charge in [-0.3, -0.25) is 0 Å². The minimum Gasteiger partial charge on any atom is -0.424 e. The van der Waals surface area contributed by atoms with Crippen LogP contribution in [0.5, 0.6) is 0 Å². The molecule has 2 N–H and O–H groups in total. The molecule has 52 valence electrons. The van der Waals surface area contributed by atoms with Crippen LogP contribution in [0.1, 0.15) is 0 Å². The van der Waals surface area contributed by atoms with E-state index in [0.29, 0.717) is 0 Å². The molecule has 0 aromatic rings. The van der Waals surface area contributed by atoms with Crippen LogP contribution >= 0.6 is 0 Å². The van der Waals surface area contributed by atoms with Crippen molar-refractivity contribution in [3.05, 3.63) is 12.1 Å². The predicted molar refractivity (Wildman–Crippen MR) is 37.9 cm³/mol. The monoisotopic (exact) mass is 129 g/mol. The Bertz CT molecular complexity index is 93.0. The second kappa shape index (κ2) is 4.55. The van der Waals surface area contributed by atoms with Crippen molar-refractivity contribution in [2.45, 2.75) is 0 Å². The number of rotatable bonds is 3. The Balaban J connectivity index is 3.25. The summed E-state index contributed by atoms with van der Waals surface area (Å²) in [6.45, 7) is 0.734. The second-order valence-corrected chi connectivity index (χ2v) is 2.10. The molecule has 0 unspecified atom stereocenters. The van der Waals surface area contributed by atoms with Crippen molar-refractivity contribution >= 4 is 7.12 Å². The fraction of sp³-hybridized carbons (Fsp3) is 0.600. The summed E-state index contributed by atoms with van der Waals surface area (Å²) in [7, 11) is 2.51. The van der Waals surface area contributed by atoms with Crippen LogP contribution in [-0.4, -0.2) is 42.7 Å². The van der Waals surface area contributed by atoms with Gasteiger partial charge in [-0.25, -0.2) is 0 Å². The van der Waals surface area contributed by atoms with Crippen LogP contribution in [-0.2, 0) is 0 Å². The maximum atomic E-state index is 8.32. The summed E-state index contributed by atoms with van der Waals surface area (Å²) in [6, 6.07) is 0. The summed E-state index contributed by atoms with van der Waals surface area (Å²) in [5.74, 6) is 1.33. The van der Waals surface area contributed by atoms with Crippen molar-refractivity contribution in [2.24, 2.45) is 0 Å². The van der Waals surface area contributed by atoms with Gasteiger partial charge in [0.15, 0.2) is 0 Å². The van der Waals surface area contributed by atoms with Crippen molar-refractivity contribution in [1.29, 1.82) is 0 Å². The Kier molecular flexibility index (Phi) is 4.39. The van der Waals surface area contributed by atoms with E-state index in [2.05, 4.69) is 0 Å². The molecule has 0 fully saturated rings. The molecule has 0 saturated heterocycles. The van der Waals surface area contributed by atoms with E-state index in [9.17, 15) is 0 Å². The Morgan fingerprint density at radius 3 is 2.33 bits per heavy atom. The van der Waals surface area contributed by atoms with E-state index in [1.165, 1.54) is 5.98 Å². The maximum absolute atomic E-state index is 8.32. The first-order chi connectivity index (χ1) is 4.13. The van der Waals surface area contributed by atoms with Gasteiger partial charge in [-0.05, 0) is 14.1 Å². The zero-order valence-electron chi connectivity index (χ0n) is 5.78. The first-order valence-corrected chi connectivity index (χ1v) is 2.80. The molecule has 0 aromatic heterocycles. The molecule has 0 heterocycles. The van der Waals surface area contributed by atoms with Crippen LogP contribution in [0.15, 0.2) is 12.1 Å². The summed E-state index contributed by atoms with van der Waals surface area (Å²) < 4.78 is 0. The van der Waals surface area contributed by atoms with Gasteiger partial charge in [-0.15, -0.1) is 0 Å². The highest BCUT2D eigenvalue weighted by molar-refractivity contribution is 6.47. The minimum atomic E-state index is -1.31. The van der Waals surface area contributed by atoms with Crippen LogP contribution in [0, 0.1) is 0 Å². The number of hydrogen-bond acceptors (Lipinski definition) is 3. The van der Waals surface area contributed by atoms with E-state index >= 15 is 0 Å². The lowest BCUT2D eigenvalue weighted by Gasteiger charge is -2.02. The molecule has 0 spiro atoms. The van der Waals surface area contributed by atoms with Crippen LogP contribution in [0.2, 0.25) is 0 Å². The molecule has 0 atom stereocenters. The van der Waals surface area contributed by atoms with Gasteiger partial charge in [0.25, 0.3) is 0 Å². The van der Waals surface area contributed by atoms with Crippen LogP contribution < -0.4 is 0 Å². The lowest BCUT2D eigenvalue weighted by Crippen LogP contribution is -2.12. The summed E-state index contributed by atoms with van der Waals surface area (Å²) in [5, 5.41) is 16.6. The lowest BCUT2D eigenvalue weighted by atomic mass is 9.92. The van der Waals surface area contributed by atoms with E-state index in [-0.39, 0.29) is 0 Å². The third-order valence-corrected chi connectivity index (χ3v) is 0.779. The van der Waals surface area contributed by atoms with Crippen LogP contribution in [0.4, 0.5) is 0 Å². The van der Waals surface area contributed by atoms with E-state index in [1.807, 2.05) is 19.0 Å². The third-order valence-electron chi connectivity index (χ3n) is 0.779. The van der Waals surface area contributed by atoms with Crippen LogP contribution in [0.25, 0.3) is 0 Å². The Labute approximate surface area is 55.8 Å². The SMILES string of the molecule is CN(C)C/C=C/B(O)O. The average Bonchev–Trinajstić information content (AvgIpc) is 1.63. The largest absolute Gasteiger partial charge is 0.480 e. The van der Waals surface area contributed by atoms with Crippen molar-refractivity contribution in [1.82, 2.24) is 4.90 Å². The van der Waals surface area contributed by atoms with Crippen molar-refractivity contribution < 1.29 is 10.0 Å². The molecule has 0 aliphatic carbocycles. The van der Waals surface area contributed by atoms with Crippen molar-refractivity contribution in [2.75, 3.05) is 20.6 Å². The molecule has 0 aliphatic rings. The van der Waals surface area contributed by atoms with Crippen molar-refractivity contribution in [3.8, 4) is 0 Å². The summed E-state index contributed by atoms with van der Waals surface area (Å²) in [6.07, 6.45) is 1.70. The van der Waals surface area contributed by atoms with Gasteiger partial charge in [0.2, 0.25) is 0 Å². The molecule has 0 radical (unpaired) electrons. The van der Waals surface area contributed by atoms with Gasteiger partial charge in [0.1, 0.15) is 0 Å². The van der Waals surface area contributed by atoms with E-state index in [4.69, 9.17) is 10.0 Å². The highest BCUT2D eigenvalue weighted by Gasteiger charge is 1.96. The number of nitrogens with zero attached hydrogens (tertiary/aromatic N) is 1. The van der Waals surface area contributed by atoms with Gasteiger partial charge in [0, 0.05) is 6.54 Å². The Morgan fingerprint density at radius 2 is 2.00 bits per heavy atom. The predicted octanol–water partition coefficient (Wildman–Crippen LogP) is -0.884. The summed E-state index contributed by atoms with van der Waals surface area (Å²) in [4.78, 5) is 1.93. The highest BCUT2D eigenvalue weighted by Crippen LogP contribution is 1.77. The van der Waals surface area contributed by atoms with Gasteiger partial charge in [-0.2, -0.15) is 0 Å². The van der Waals surface area contributed by atoms with Crippen molar-refractivity contribution in [3.63, 3.8) is 0 Å². The number of hydrogen-bond donors (Lipinski definition) is 2. The molecule has 0 aliphatic heterocycles. The van der Waals surface area contributed by atoms with Gasteiger partial charge < -0.3 is 14.9 Å². The summed E-state index contributed by atoms with van der Waals surface area (Å²) in [5.41, 5.74) is 0. The first-order valence-electron chi connectivity index (χ1n) is 2.80. The van der Waals surface area contributed by atoms with Gasteiger partial charge in [-0.1, -0.05) is 12.1 Å². The fourth-order valence-corrected chi connectivity index (χ4v) is 0.393. The minimum absolute atomic E-state index is 0.734. The molecule has 3 nitrogen and oxygen atoms in total. The third kappa shape index (κ3) is 7.68. The molecule has 0 amide bonds. The molecule has 0 bridgehead atoms. The first kappa shape index (κ1) is 8.68. The van der Waals surface area contributed by atoms with E-state index < -0.39 is 7.12 Å². The smallest absolute Gasteiger partial charge is 0.424 e. The zero-order valence-corrected chi connectivity index (χ0v) is 5.78. The maximum Gasteiger partial charge on any atom is 0.480 e. The standard InChI is InChI=1S/C5H12BNO2/c1-7(2)5-3-4-6(8)9/h3-4,8-9H,5H2,1-2H3/b4-3+. The average molecular weight is 129 g/mol. The summed E-state index contributed by atoms with van der Waals surface area (Å²) >= 11 is 0. The number of likely N-dealkylation sites (N-methyl/N-ethyl adjacent to an activating group) is 1. The molecular formula is C5H12BNO2. The fourth-order valence-electron chi connectivity index (χ4n) is 0.393. The molecule has 0 aromatic carbocycles. The molecule has 9 heavy (non-hydrogen) atoms. The van der Waals surface area contributed by atoms with Gasteiger partial charge >= 0.3 is 7.12 Å². The Hall–Kier alpha value is -0.315. The van der Waals surface area contributed by atoms with E-state index in [0.717, 1.165) is 6.54 Å². The normalized spacial score (nSPS) is 11.2. The highest BCUT2D eigenvalue weighted by atomic mass is 16.4. The Morgan fingerprint density at radius 1 is 1.44 bits per heavy atom. The zero-order chi connectivity index (χ0) is 7.28. The lowest BCUT2D eigenvalue weighted by molar-refractivity contribution is 0.422. The molecule has 0 rings (SSSR count). The quantitative estimate of drug-likeness (QED) is 0.486. The topological polar surface area (TPSA) is 43.7 Å². The second-order valence-electron chi connectivity index (χ2n) is 2.10. The molecule has 4 heteroatoms.